The molecule has 1 spiro atoms. The van der Waals surface area contributed by atoms with E-state index in [-0.39, 0.29) is 11.5 Å². The maximum absolute atomic E-state index is 12.3. The Morgan fingerprint density at radius 3 is 2.77 bits per heavy atom. The third-order valence-electron chi connectivity index (χ3n) is 5.80. The summed E-state index contributed by atoms with van der Waals surface area (Å²) < 4.78 is 0. The molecule has 2 heterocycles. The zero-order valence-electron chi connectivity index (χ0n) is 15.7. The molecule has 0 bridgehead atoms. The lowest BCUT2D eigenvalue weighted by Gasteiger charge is -2.26. The summed E-state index contributed by atoms with van der Waals surface area (Å²) in [5.74, 6) is -0.0377. The Balaban J connectivity index is 1.30. The molecule has 26 heavy (non-hydrogen) atoms. The molecule has 4 rings (SSSR count). The number of rotatable bonds is 5. The largest absolute Gasteiger partial charge is 0.387 e. The van der Waals surface area contributed by atoms with Crippen molar-refractivity contribution in [3.8, 4) is 0 Å². The van der Waals surface area contributed by atoms with E-state index in [9.17, 15) is 4.79 Å². The first-order valence-corrected chi connectivity index (χ1v) is 9.58. The molecule has 0 radical (unpaired) electrons. The van der Waals surface area contributed by atoms with Crippen molar-refractivity contribution in [2.75, 3.05) is 32.1 Å². The molecule has 1 aliphatic carbocycles. The fourth-order valence-corrected chi connectivity index (χ4v) is 3.90. The van der Waals surface area contributed by atoms with Gasteiger partial charge in [-0.05, 0) is 37.0 Å². The number of hydrogen-bond acceptors (Lipinski definition) is 5. The maximum atomic E-state index is 12.3. The Morgan fingerprint density at radius 2 is 2.12 bits per heavy atom. The molecule has 1 saturated carbocycles. The highest BCUT2D eigenvalue weighted by Gasteiger charge is 2.46. The predicted molar refractivity (Wildman–Crippen MR) is 102 cm³/mol. The van der Waals surface area contributed by atoms with Crippen LogP contribution in [0.25, 0.3) is 0 Å². The van der Waals surface area contributed by atoms with Gasteiger partial charge >= 0.3 is 0 Å². The second-order valence-electron chi connectivity index (χ2n) is 8.11. The lowest BCUT2D eigenvalue weighted by molar-refractivity contribution is -0.116. The lowest BCUT2D eigenvalue weighted by atomic mass is 9.92. The summed E-state index contributed by atoms with van der Waals surface area (Å²) in [5.41, 5.74) is 2.76. The fourth-order valence-electron chi connectivity index (χ4n) is 3.90. The quantitative estimate of drug-likeness (QED) is 0.878. The van der Waals surface area contributed by atoms with Crippen molar-refractivity contribution in [1.29, 1.82) is 0 Å². The highest BCUT2D eigenvalue weighted by atomic mass is 16.7. The van der Waals surface area contributed by atoms with Crippen LogP contribution in [0.1, 0.15) is 37.7 Å². The van der Waals surface area contributed by atoms with Crippen molar-refractivity contribution in [3.05, 3.63) is 29.8 Å². The zero-order chi connectivity index (χ0) is 18.1. The van der Waals surface area contributed by atoms with Crippen LogP contribution in [0.3, 0.4) is 0 Å². The first kappa shape index (κ1) is 17.3. The molecular weight excluding hydrogens is 328 g/mol. The first-order valence-electron chi connectivity index (χ1n) is 9.58. The molecular formula is C20H28N4O2. The number of nitrogens with one attached hydrogen (secondary N) is 1. The van der Waals surface area contributed by atoms with Crippen molar-refractivity contribution in [3.63, 3.8) is 0 Å². The zero-order valence-corrected chi connectivity index (χ0v) is 15.7. The van der Waals surface area contributed by atoms with Gasteiger partial charge in [0.25, 0.3) is 5.91 Å². The van der Waals surface area contributed by atoms with Gasteiger partial charge in [0.05, 0.1) is 0 Å². The molecule has 2 fully saturated rings. The van der Waals surface area contributed by atoms with Crippen molar-refractivity contribution < 1.29 is 9.63 Å². The maximum Gasteiger partial charge on any atom is 0.269 e. The number of nitrogens with zero attached hydrogens (tertiary/aromatic N) is 3. The van der Waals surface area contributed by atoms with E-state index >= 15 is 0 Å². The molecule has 6 heteroatoms. The highest BCUT2D eigenvalue weighted by molar-refractivity contribution is 6.39. The standard InChI is InChI=1S/C20H28N4O2/c1-23(2)17-8-6-15(7-9-17)13-24-11-10-20(14-24)12-18(22-26-20)19(25)21-16-4-3-5-16/h6-9,16H,3-5,10-14H2,1-2H3,(H,21,25)/t20-/m1/s1. The summed E-state index contributed by atoms with van der Waals surface area (Å²) in [7, 11) is 4.10. The minimum absolute atomic E-state index is 0.0377. The second kappa shape index (κ2) is 6.91. The molecule has 1 N–H and O–H groups in total. The third-order valence-corrected chi connectivity index (χ3v) is 5.80. The summed E-state index contributed by atoms with van der Waals surface area (Å²) in [4.78, 5) is 22.6. The molecule has 1 aromatic carbocycles. The van der Waals surface area contributed by atoms with Gasteiger partial charge in [0.1, 0.15) is 5.71 Å². The van der Waals surface area contributed by atoms with Crippen molar-refractivity contribution in [1.82, 2.24) is 10.2 Å². The van der Waals surface area contributed by atoms with Crippen LogP contribution in [0.5, 0.6) is 0 Å². The van der Waals surface area contributed by atoms with E-state index in [4.69, 9.17) is 4.84 Å². The Kier molecular flexibility index (Phi) is 4.61. The Morgan fingerprint density at radius 1 is 1.35 bits per heavy atom. The van der Waals surface area contributed by atoms with Gasteiger partial charge in [0.15, 0.2) is 5.60 Å². The van der Waals surface area contributed by atoms with E-state index in [0.717, 1.165) is 38.9 Å². The van der Waals surface area contributed by atoms with E-state index < -0.39 is 0 Å². The number of carbonyl (C=O) groups excluding carboxylic acids is 1. The number of anilines is 1. The van der Waals surface area contributed by atoms with Crippen LogP contribution in [0.4, 0.5) is 5.69 Å². The smallest absolute Gasteiger partial charge is 0.269 e. The van der Waals surface area contributed by atoms with Crippen LogP contribution in [0.15, 0.2) is 29.4 Å². The van der Waals surface area contributed by atoms with Crippen molar-refractivity contribution >= 4 is 17.3 Å². The summed E-state index contributed by atoms with van der Waals surface area (Å²) in [6.07, 6.45) is 4.94. The molecule has 1 amide bonds. The van der Waals surface area contributed by atoms with Crippen LogP contribution in [-0.2, 0) is 16.2 Å². The second-order valence-corrected chi connectivity index (χ2v) is 8.11. The number of hydrogen-bond donors (Lipinski definition) is 1. The molecule has 3 aliphatic rings. The molecule has 1 aromatic rings. The van der Waals surface area contributed by atoms with E-state index in [1.807, 2.05) is 0 Å². The van der Waals surface area contributed by atoms with Crippen LogP contribution in [0, 0.1) is 0 Å². The van der Waals surface area contributed by atoms with Crippen LogP contribution < -0.4 is 10.2 Å². The number of carbonyl (C=O) groups is 1. The summed E-state index contributed by atoms with van der Waals surface area (Å²) in [5, 5.41) is 7.19. The van der Waals surface area contributed by atoms with Gasteiger partial charge in [0, 0.05) is 58.3 Å². The number of likely N-dealkylation sites (tertiary alicyclic amines) is 1. The predicted octanol–water partition coefficient (Wildman–Crippen LogP) is 2.14. The molecule has 1 saturated heterocycles. The fraction of sp³-hybridized carbons (Fsp3) is 0.600. The molecule has 2 aliphatic heterocycles. The van der Waals surface area contributed by atoms with Gasteiger partial charge in [-0.2, -0.15) is 0 Å². The number of oxime groups is 1. The summed E-state index contributed by atoms with van der Waals surface area (Å²) in [6.45, 7) is 2.71. The Bertz CT molecular complexity index is 696. The van der Waals surface area contributed by atoms with E-state index in [1.165, 1.54) is 17.7 Å². The Labute approximate surface area is 155 Å². The average Bonchev–Trinajstić information content (AvgIpc) is 3.18. The summed E-state index contributed by atoms with van der Waals surface area (Å²) in [6, 6.07) is 9.01. The van der Waals surface area contributed by atoms with Gasteiger partial charge in [-0.1, -0.05) is 17.3 Å². The van der Waals surface area contributed by atoms with Gasteiger partial charge in [-0.15, -0.1) is 0 Å². The minimum Gasteiger partial charge on any atom is -0.387 e. The SMILES string of the molecule is CN(C)c1ccc(CN2CC[C@@]3(CC(C(=O)NC4CCC4)=NO3)C2)cc1. The molecule has 0 unspecified atom stereocenters. The molecule has 0 aromatic heterocycles. The van der Waals surface area contributed by atoms with E-state index in [2.05, 4.69) is 58.6 Å². The van der Waals surface area contributed by atoms with Gasteiger partial charge < -0.3 is 15.1 Å². The monoisotopic (exact) mass is 356 g/mol. The number of amides is 1. The van der Waals surface area contributed by atoms with Gasteiger partial charge in [0.2, 0.25) is 0 Å². The van der Waals surface area contributed by atoms with Crippen LogP contribution >= 0.6 is 0 Å². The molecule has 140 valence electrons. The Hall–Kier alpha value is -2.08. The van der Waals surface area contributed by atoms with Crippen molar-refractivity contribution in [2.45, 2.75) is 50.3 Å². The minimum atomic E-state index is -0.310. The van der Waals surface area contributed by atoms with E-state index in [0.29, 0.717) is 18.2 Å². The lowest BCUT2D eigenvalue weighted by Crippen LogP contribution is -2.43. The average molecular weight is 356 g/mol. The third kappa shape index (κ3) is 3.56. The van der Waals surface area contributed by atoms with Gasteiger partial charge in [-0.25, -0.2) is 0 Å². The molecule has 6 nitrogen and oxygen atoms in total. The molecule has 1 atom stereocenters. The topological polar surface area (TPSA) is 57.2 Å². The van der Waals surface area contributed by atoms with Crippen LogP contribution in [-0.4, -0.2) is 55.3 Å². The first-order chi connectivity index (χ1) is 12.5. The van der Waals surface area contributed by atoms with Crippen LogP contribution in [0.2, 0.25) is 0 Å². The highest BCUT2D eigenvalue weighted by Crippen LogP contribution is 2.34. The van der Waals surface area contributed by atoms with E-state index in [1.54, 1.807) is 0 Å². The normalized spacial score (nSPS) is 25.7. The van der Waals surface area contributed by atoms with Gasteiger partial charge in [-0.3, -0.25) is 9.69 Å². The summed E-state index contributed by atoms with van der Waals surface area (Å²) >= 11 is 0. The number of benzene rings is 1. The van der Waals surface area contributed by atoms with Crippen molar-refractivity contribution in [2.24, 2.45) is 5.16 Å².